The first-order valence-corrected chi connectivity index (χ1v) is 11.5. The second-order valence-electron chi connectivity index (χ2n) is 6.33. The SMILES string of the molecule is CCOc1ccc(N(CC(=O)N/N=C\c2ccc(OC)c(OCC)c2)S(C)(=O)=O)cc1. The van der Waals surface area contributed by atoms with E-state index in [0.717, 1.165) is 10.6 Å². The fourth-order valence-electron chi connectivity index (χ4n) is 2.66. The number of ether oxygens (including phenoxy) is 3. The van der Waals surface area contributed by atoms with Crippen LogP contribution in [0.25, 0.3) is 0 Å². The van der Waals surface area contributed by atoms with Crippen LogP contribution >= 0.6 is 0 Å². The van der Waals surface area contributed by atoms with E-state index in [2.05, 4.69) is 10.5 Å². The first-order chi connectivity index (χ1) is 14.8. The average molecular weight is 450 g/mol. The third-order valence-corrected chi connectivity index (χ3v) is 5.15. The zero-order valence-electron chi connectivity index (χ0n) is 18.0. The molecule has 0 saturated carbocycles. The van der Waals surface area contributed by atoms with Crippen LogP contribution in [0.15, 0.2) is 47.6 Å². The molecule has 0 aliphatic heterocycles. The summed E-state index contributed by atoms with van der Waals surface area (Å²) >= 11 is 0. The number of nitrogens with zero attached hydrogens (tertiary/aromatic N) is 2. The number of hydrazone groups is 1. The maximum absolute atomic E-state index is 12.3. The molecule has 0 spiro atoms. The molecule has 1 amide bonds. The van der Waals surface area contributed by atoms with E-state index in [0.29, 0.717) is 41.7 Å². The summed E-state index contributed by atoms with van der Waals surface area (Å²) in [7, 11) is -2.14. The van der Waals surface area contributed by atoms with Crippen LogP contribution in [0.3, 0.4) is 0 Å². The van der Waals surface area contributed by atoms with Gasteiger partial charge >= 0.3 is 0 Å². The highest BCUT2D eigenvalue weighted by Crippen LogP contribution is 2.27. The molecule has 168 valence electrons. The van der Waals surface area contributed by atoms with Gasteiger partial charge in [0.2, 0.25) is 10.0 Å². The van der Waals surface area contributed by atoms with E-state index in [1.807, 2.05) is 13.8 Å². The molecule has 2 rings (SSSR count). The lowest BCUT2D eigenvalue weighted by Crippen LogP contribution is -2.39. The van der Waals surface area contributed by atoms with Gasteiger partial charge in [0.25, 0.3) is 5.91 Å². The number of hydrogen-bond acceptors (Lipinski definition) is 7. The lowest BCUT2D eigenvalue weighted by atomic mass is 10.2. The fraction of sp³-hybridized carbons (Fsp3) is 0.333. The van der Waals surface area contributed by atoms with Crippen LogP contribution in [-0.2, 0) is 14.8 Å². The molecule has 0 radical (unpaired) electrons. The molecule has 10 heteroatoms. The van der Waals surface area contributed by atoms with Crippen molar-refractivity contribution in [3.8, 4) is 17.2 Å². The molecule has 0 aromatic heterocycles. The van der Waals surface area contributed by atoms with Gasteiger partial charge in [-0.2, -0.15) is 5.10 Å². The fourth-order valence-corrected chi connectivity index (χ4v) is 3.52. The largest absolute Gasteiger partial charge is 0.494 e. The van der Waals surface area contributed by atoms with Crippen LogP contribution in [0.1, 0.15) is 19.4 Å². The van der Waals surface area contributed by atoms with Gasteiger partial charge in [-0.25, -0.2) is 13.8 Å². The van der Waals surface area contributed by atoms with Gasteiger partial charge < -0.3 is 14.2 Å². The standard InChI is InChI=1S/C21H27N3O6S/c1-5-29-18-10-8-17(9-11-18)24(31(4,26)27)15-21(25)23-22-14-16-7-12-19(28-3)20(13-16)30-6-2/h7-14H,5-6,15H2,1-4H3,(H,23,25)/b22-14-. The Labute approximate surface area is 182 Å². The molecule has 2 aromatic carbocycles. The Morgan fingerprint density at radius 2 is 1.74 bits per heavy atom. The van der Waals surface area contributed by atoms with Crippen molar-refractivity contribution in [1.29, 1.82) is 0 Å². The van der Waals surface area contributed by atoms with Crippen LogP contribution in [-0.4, -0.2) is 53.7 Å². The molecule has 2 aromatic rings. The van der Waals surface area contributed by atoms with E-state index < -0.39 is 22.5 Å². The van der Waals surface area contributed by atoms with E-state index in [1.165, 1.54) is 6.21 Å². The molecule has 0 fully saturated rings. The molecule has 0 heterocycles. The van der Waals surface area contributed by atoms with Crippen molar-refractivity contribution in [3.05, 3.63) is 48.0 Å². The number of benzene rings is 2. The number of rotatable bonds is 11. The molecule has 0 saturated heterocycles. The minimum Gasteiger partial charge on any atom is -0.494 e. The van der Waals surface area contributed by atoms with Gasteiger partial charge in [-0.1, -0.05) is 0 Å². The third-order valence-electron chi connectivity index (χ3n) is 4.01. The summed E-state index contributed by atoms with van der Waals surface area (Å²) < 4.78 is 41.4. The minimum absolute atomic E-state index is 0.349. The van der Waals surface area contributed by atoms with Crippen LogP contribution < -0.4 is 23.9 Å². The van der Waals surface area contributed by atoms with Crippen LogP contribution in [0, 0.1) is 0 Å². The molecular formula is C21H27N3O6S. The Morgan fingerprint density at radius 1 is 1.06 bits per heavy atom. The van der Waals surface area contributed by atoms with Crippen LogP contribution in [0.4, 0.5) is 5.69 Å². The van der Waals surface area contributed by atoms with Gasteiger partial charge in [0, 0.05) is 0 Å². The summed E-state index contributed by atoms with van der Waals surface area (Å²) in [5.41, 5.74) is 3.37. The topological polar surface area (TPSA) is 107 Å². The second-order valence-corrected chi connectivity index (χ2v) is 8.24. The molecule has 0 atom stereocenters. The highest BCUT2D eigenvalue weighted by molar-refractivity contribution is 7.92. The van der Waals surface area contributed by atoms with Crippen molar-refractivity contribution >= 4 is 27.8 Å². The average Bonchev–Trinajstić information content (AvgIpc) is 2.73. The van der Waals surface area contributed by atoms with Gasteiger partial charge in [0.1, 0.15) is 12.3 Å². The highest BCUT2D eigenvalue weighted by atomic mass is 32.2. The molecular weight excluding hydrogens is 422 g/mol. The van der Waals surface area contributed by atoms with Gasteiger partial charge in [-0.05, 0) is 61.9 Å². The van der Waals surface area contributed by atoms with Crippen molar-refractivity contribution in [2.24, 2.45) is 5.10 Å². The maximum atomic E-state index is 12.3. The summed E-state index contributed by atoms with van der Waals surface area (Å²) in [5, 5.41) is 3.90. The number of carbonyl (C=O) groups excluding carboxylic acids is 1. The van der Waals surface area contributed by atoms with Crippen molar-refractivity contribution in [2.75, 3.05) is 37.4 Å². The van der Waals surface area contributed by atoms with Gasteiger partial charge in [0.15, 0.2) is 11.5 Å². The molecule has 9 nitrogen and oxygen atoms in total. The van der Waals surface area contributed by atoms with E-state index in [9.17, 15) is 13.2 Å². The first kappa shape index (κ1) is 24.0. The number of hydrogen-bond donors (Lipinski definition) is 1. The van der Waals surface area contributed by atoms with Crippen molar-refractivity contribution in [3.63, 3.8) is 0 Å². The summed E-state index contributed by atoms with van der Waals surface area (Å²) in [6.07, 6.45) is 2.47. The number of anilines is 1. The summed E-state index contributed by atoms with van der Waals surface area (Å²) in [4.78, 5) is 12.3. The van der Waals surface area contributed by atoms with E-state index in [4.69, 9.17) is 14.2 Å². The Balaban J connectivity index is 2.07. The lowest BCUT2D eigenvalue weighted by Gasteiger charge is -2.21. The van der Waals surface area contributed by atoms with Gasteiger partial charge in [0.05, 0.1) is 38.5 Å². The van der Waals surface area contributed by atoms with Gasteiger partial charge in [-0.3, -0.25) is 9.10 Å². The number of amides is 1. The van der Waals surface area contributed by atoms with E-state index >= 15 is 0 Å². The Morgan fingerprint density at radius 3 is 2.32 bits per heavy atom. The first-order valence-electron chi connectivity index (χ1n) is 9.61. The number of sulfonamides is 1. The second kappa shape index (κ2) is 11.2. The minimum atomic E-state index is -3.69. The predicted molar refractivity (Wildman–Crippen MR) is 120 cm³/mol. The van der Waals surface area contributed by atoms with Crippen molar-refractivity contribution in [1.82, 2.24) is 5.43 Å². The Bertz CT molecular complexity index is 1010. The zero-order valence-corrected chi connectivity index (χ0v) is 18.8. The summed E-state index contributed by atoms with van der Waals surface area (Å²) in [6.45, 7) is 4.26. The number of carbonyl (C=O) groups is 1. The Hall–Kier alpha value is -3.27. The quantitative estimate of drug-likeness (QED) is 0.417. The monoisotopic (exact) mass is 449 g/mol. The maximum Gasteiger partial charge on any atom is 0.260 e. The zero-order chi connectivity index (χ0) is 22.9. The Kier molecular flexibility index (Phi) is 8.68. The van der Waals surface area contributed by atoms with E-state index in [-0.39, 0.29) is 0 Å². The summed E-state index contributed by atoms with van der Waals surface area (Å²) in [6, 6.07) is 11.6. The lowest BCUT2D eigenvalue weighted by molar-refractivity contribution is -0.119. The van der Waals surface area contributed by atoms with E-state index in [1.54, 1.807) is 49.6 Å². The molecule has 31 heavy (non-hydrogen) atoms. The third kappa shape index (κ3) is 7.18. The number of methoxy groups -OCH3 is 1. The molecule has 0 unspecified atom stereocenters. The smallest absolute Gasteiger partial charge is 0.260 e. The summed E-state index contributed by atoms with van der Waals surface area (Å²) in [5.74, 6) is 1.16. The molecule has 0 bridgehead atoms. The van der Waals surface area contributed by atoms with Crippen LogP contribution in [0.2, 0.25) is 0 Å². The number of nitrogens with one attached hydrogen (secondary N) is 1. The van der Waals surface area contributed by atoms with Crippen LogP contribution in [0.5, 0.6) is 17.2 Å². The van der Waals surface area contributed by atoms with Crippen molar-refractivity contribution in [2.45, 2.75) is 13.8 Å². The molecule has 0 aliphatic carbocycles. The highest BCUT2D eigenvalue weighted by Gasteiger charge is 2.20. The molecule has 0 aliphatic rings. The predicted octanol–water partition coefficient (Wildman–Crippen LogP) is 2.41. The normalized spacial score (nSPS) is 11.2. The van der Waals surface area contributed by atoms with Gasteiger partial charge in [-0.15, -0.1) is 0 Å². The van der Waals surface area contributed by atoms with Crippen molar-refractivity contribution < 1.29 is 27.4 Å². The molecule has 1 N–H and O–H groups in total.